The van der Waals surface area contributed by atoms with Crippen LogP contribution in [0.5, 0.6) is 0 Å². The molecule has 2 aromatic heterocycles. The average molecular weight is 389 g/mol. The number of hydrogen-bond donors (Lipinski definition) is 2. The van der Waals surface area contributed by atoms with Gasteiger partial charge in [-0.05, 0) is 24.3 Å². The Labute approximate surface area is 166 Å². The van der Waals surface area contributed by atoms with Crippen LogP contribution in [0.4, 0.5) is 0 Å². The van der Waals surface area contributed by atoms with Crippen LogP contribution < -0.4 is 16.6 Å². The summed E-state index contributed by atoms with van der Waals surface area (Å²) >= 11 is 0. The number of carbonyl (C=O) groups excluding carboxylic acids is 1. The maximum atomic E-state index is 12.9. The molecule has 29 heavy (non-hydrogen) atoms. The van der Waals surface area contributed by atoms with E-state index in [1.165, 1.54) is 4.57 Å². The number of fused-ring (bicyclic) bond motifs is 1. The Morgan fingerprint density at radius 1 is 1.07 bits per heavy atom. The Morgan fingerprint density at radius 3 is 2.55 bits per heavy atom. The average Bonchev–Trinajstić information content (AvgIpc) is 3.26. The summed E-state index contributed by atoms with van der Waals surface area (Å²) < 4.78 is 6.99. The van der Waals surface area contributed by atoms with Gasteiger partial charge in [0.15, 0.2) is 17.6 Å². The molecule has 0 fully saturated rings. The topological polar surface area (TPSA) is 108 Å². The number of quaternary nitrogens is 1. The Hall–Kier alpha value is -3.71. The second-order valence-electron chi connectivity index (χ2n) is 6.75. The lowest BCUT2D eigenvalue weighted by Crippen LogP contribution is -2.84. The standard InChI is InChI=1S/C22H20N4O3/c23-19(27)14-26-20(25-17-10-5-4-9-16(17)22(26)28)13-24-21(18-11-6-12-29-18)15-7-2-1-3-8-15/h1-12,21,24H,13-14H2,(H2,23,27)/p+1/t21-/m1/s1. The smallest absolute Gasteiger partial charge is 0.262 e. The van der Waals surface area contributed by atoms with Gasteiger partial charge in [0.1, 0.15) is 13.1 Å². The van der Waals surface area contributed by atoms with E-state index in [1.54, 1.807) is 24.5 Å². The first-order chi connectivity index (χ1) is 14.1. The summed E-state index contributed by atoms with van der Waals surface area (Å²) in [4.78, 5) is 29.1. The number of furan rings is 1. The summed E-state index contributed by atoms with van der Waals surface area (Å²) in [6, 6.07) is 20.7. The molecule has 0 spiro atoms. The van der Waals surface area contributed by atoms with E-state index >= 15 is 0 Å². The van der Waals surface area contributed by atoms with Crippen molar-refractivity contribution in [2.24, 2.45) is 5.73 Å². The number of nitrogens with two attached hydrogens (primary N) is 2. The van der Waals surface area contributed by atoms with Gasteiger partial charge in [-0.1, -0.05) is 42.5 Å². The molecule has 0 aliphatic carbocycles. The van der Waals surface area contributed by atoms with Gasteiger partial charge in [0, 0.05) is 5.56 Å². The molecule has 146 valence electrons. The van der Waals surface area contributed by atoms with Gasteiger partial charge in [0.25, 0.3) is 5.56 Å². The van der Waals surface area contributed by atoms with Gasteiger partial charge in [-0.3, -0.25) is 14.2 Å². The van der Waals surface area contributed by atoms with E-state index < -0.39 is 5.91 Å². The number of hydrogen-bond acceptors (Lipinski definition) is 4. The largest absolute Gasteiger partial charge is 0.463 e. The Balaban J connectivity index is 1.72. The highest BCUT2D eigenvalue weighted by molar-refractivity contribution is 5.78. The molecule has 0 bridgehead atoms. The maximum Gasteiger partial charge on any atom is 0.262 e. The summed E-state index contributed by atoms with van der Waals surface area (Å²) in [6.45, 7) is 0.157. The third-order valence-electron chi connectivity index (χ3n) is 4.80. The molecule has 0 radical (unpaired) electrons. The molecule has 0 aliphatic rings. The van der Waals surface area contributed by atoms with Gasteiger partial charge >= 0.3 is 0 Å². The van der Waals surface area contributed by atoms with Crippen molar-refractivity contribution >= 4 is 16.8 Å². The number of carbonyl (C=O) groups is 1. The predicted molar refractivity (Wildman–Crippen MR) is 108 cm³/mol. The van der Waals surface area contributed by atoms with Gasteiger partial charge in [-0.2, -0.15) is 0 Å². The van der Waals surface area contributed by atoms with E-state index in [2.05, 4.69) is 4.98 Å². The quantitative estimate of drug-likeness (QED) is 0.497. The van der Waals surface area contributed by atoms with E-state index in [9.17, 15) is 9.59 Å². The first-order valence-electron chi connectivity index (χ1n) is 9.32. The van der Waals surface area contributed by atoms with Crippen LogP contribution in [-0.2, 0) is 17.9 Å². The number of primary amides is 1. The van der Waals surface area contributed by atoms with Crippen LogP contribution in [0.15, 0.2) is 82.2 Å². The Bertz CT molecular complexity index is 1180. The van der Waals surface area contributed by atoms with Crippen LogP contribution in [0.1, 0.15) is 23.2 Å². The van der Waals surface area contributed by atoms with Gasteiger partial charge in [0.05, 0.1) is 17.2 Å². The summed E-state index contributed by atoms with van der Waals surface area (Å²) in [5.41, 5.74) is 6.76. The highest BCUT2D eigenvalue weighted by atomic mass is 16.3. The lowest BCUT2D eigenvalue weighted by molar-refractivity contribution is -0.705. The maximum absolute atomic E-state index is 12.9. The van der Waals surface area contributed by atoms with Crippen LogP contribution in [0.25, 0.3) is 10.9 Å². The minimum Gasteiger partial charge on any atom is -0.463 e. The third-order valence-corrected chi connectivity index (χ3v) is 4.80. The lowest BCUT2D eigenvalue weighted by atomic mass is 10.0. The number of para-hydroxylation sites is 1. The molecular weight excluding hydrogens is 368 g/mol. The van der Waals surface area contributed by atoms with Gasteiger partial charge < -0.3 is 15.5 Å². The van der Waals surface area contributed by atoms with E-state index in [4.69, 9.17) is 10.2 Å². The zero-order valence-corrected chi connectivity index (χ0v) is 15.7. The molecule has 0 aliphatic heterocycles. The molecule has 2 heterocycles. The number of amides is 1. The normalized spacial score (nSPS) is 12.1. The fourth-order valence-corrected chi connectivity index (χ4v) is 3.46. The summed E-state index contributed by atoms with van der Waals surface area (Å²) in [5.74, 6) is 0.692. The predicted octanol–water partition coefficient (Wildman–Crippen LogP) is 1.33. The summed E-state index contributed by atoms with van der Waals surface area (Å²) in [6.07, 6.45) is 1.64. The van der Waals surface area contributed by atoms with Crippen LogP contribution in [0, 0.1) is 0 Å². The Kier molecular flexibility index (Phi) is 5.22. The first kappa shape index (κ1) is 18.6. The number of benzene rings is 2. The zero-order valence-electron chi connectivity index (χ0n) is 15.7. The first-order valence-corrected chi connectivity index (χ1v) is 9.32. The van der Waals surface area contributed by atoms with Crippen molar-refractivity contribution in [1.82, 2.24) is 9.55 Å². The van der Waals surface area contributed by atoms with Gasteiger partial charge in [0.2, 0.25) is 5.91 Å². The van der Waals surface area contributed by atoms with Gasteiger partial charge in [-0.25, -0.2) is 4.98 Å². The second-order valence-corrected chi connectivity index (χ2v) is 6.75. The molecule has 7 heteroatoms. The number of nitrogens with zero attached hydrogens (tertiary/aromatic N) is 2. The molecule has 7 nitrogen and oxygen atoms in total. The van der Waals surface area contributed by atoms with Crippen molar-refractivity contribution in [2.75, 3.05) is 0 Å². The van der Waals surface area contributed by atoms with E-state index in [0.717, 1.165) is 11.3 Å². The molecule has 4 aromatic rings. The summed E-state index contributed by atoms with van der Waals surface area (Å²) in [5, 5.41) is 2.49. The van der Waals surface area contributed by atoms with Crippen molar-refractivity contribution in [2.45, 2.75) is 19.1 Å². The minimum atomic E-state index is -0.587. The van der Waals surface area contributed by atoms with E-state index in [1.807, 2.05) is 53.8 Å². The fraction of sp³-hybridized carbons (Fsp3) is 0.136. The molecule has 1 atom stereocenters. The monoisotopic (exact) mass is 389 g/mol. The molecule has 4 N–H and O–H groups in total. The van der Waals surface area contributed by atoms with Crippen LogP contribution in [-0.4, -0.2) is 15.5 Å². The van der Waals surface area contributed by atoms with E-state index in [-0.39, 0.29) is 18.1 Å². The van der Waals surface area contributed by atoms with Crippen molar-refractivity contribution in [3.05, 3.63) is 100 Å². The lowest BCUT2D eigenvalue weighted by Gasteiger charge is -2.16. The van der Waals surface area contributed by atoms with Crippen LogP contribution in [0.2, 0.25) is 0 Å². The van der Waals surface area contributed by atoms with Crippen molar-refractivity contribution in [3.8, 4) is 0 Å². The highest BCUT2D eigenvalue weighted by Crippen LogP contribution is 2.18. The molecule has 4 rings (SSSR count). The fourth-order valence-electron chi connectivity index (χ4n) is 3.46. The third kappa shape index (κ3) is 3.95. The van der Waals surface area contributed by atoms with E-state index in [0.29, 0.717) is 23.3 Å². The number of rotatable bonds is 7. The molecular formula is C22H21N4O3+. The molecule has 0 saturated carbocycles. The molecule has 0 unspecified atom stereocenters. The van der Waals surface area contributed by atoms with Crippen LogP contribution >= 0.6 is 0 Å². The molecule has 1 amide bonds. The Morgan fingerprint density at radius 2 is 1.83 bits per heavy atom. The van der Waals surface area contributed by atoms with Crippen molar-refractivity contribution < 1.29 is 14.5 Å². The SMILES string of the molecule is NC(=O)Cn1c(C[NH2+][C@H](c2ccccc2)c2ccco2)nc2ccccc2c1=O. The number of aromatic nitrogens is 2. The van der Waals surface area contributed by atoms with Crippen LogP contribution in [0.3, 0.4) is 0 Å². The minimum absolute atomic E-state index is 0.114. The molecule has 0 saturated heterocycles. The summed E-state index contributed by atoms with van der Waals surface area (Å²) in [7, 11) is 0. The highest BCUT2D eigenvalue weighted by Gasteiger charge is 2.22. The molecule has 2 aromatic carbocycles. The van der Waals surface area contributed by atoms with Crippen molar-refractivity contribution in [3.63, 3.8) is 0 Å². The second kappa shape index (κ2) is 8.12. The van der Waals surface area contributed by atoms with Crippen molar-refractivity contribution in [1.29, 1.82) is 0 Å². The zero-order chi connectivity index (χ0) is 20.2. The van der Waals surface area contributed by atoms with Gasteiger partial charge in [-0.15, -0.1) is 0 Å².